The summed E-state index contributed by atoms with van der Waals surface area (Å²) in [5, 5.41) is 0.270. The van der Waals surface area contributed by atoms with Crippen LogP contribution in [0.4, 0.5) is 0 Å². The molecular formula is C8H17O3PS. The average Bonchev–Trinajstić information content (AvgIpc) is 1.95. The van der Waals surface area contributed by atoms with Crippen LogP contribution in [-0.4, -0.2) is 18.5 Å². The molecule has 0 aromatic carbocycles. The molecule has 1 rings (SSSR count). The highest BCUT2D eigenvalue weighted by molar-refractivity contribution is 8.55. The molecule has 3 nitrogen and oxygen atoms in total. The molecule has 0 aromatic heterocycles. The third-order valence-electron chi connectivity index (χ3n) is 1.57. The Morgan fingerprint density at radius 3 is 2.15 bits per heavy atom. The second-order valence-electron chi connectivity index (χ2n) is 4.31. The van der Waals surface area contributed by atoms with Crippen LogP contribution >= 0.6 is 18.2 Å². The molecule has 0 aromatic rings. The smallest absolute Gasteiger partial charge is 0.300 e. The molecule has 0 saturated carbocycles. The van der Waals surface area contributed by atoms with Gasteiger partial charge in [-0.05, 0) is 11.4 Å². The maximum absolute atomic E-state index is 11.8. The van der Waals surface area contributed by atoms with Gasteiger partial charge in [0, 0.05) is 10.7 Å². The van der Waals surface area contributed by atoms with E-state index in [4.69, 9.17) is 9.05 Å². The molecule has 1 aliphatic rings. The molecule has 1 fully saturated rings. The largest absolute Gasteiger partial charge is 0.389 e. The fourth-order valence-electron chi connectivity index (χ4n) is 0.906. The number of hydrogen-bond acceptors (Lipinski definition) is 4. The summed E-state index contributed by atoms with van der Waals surface area (Å²) >= 11 is 1.29. The van der Waals surface area contributed by atoms with Crippen LogP contribution in [0, 0.1) is 5.41 Å². The normalized spacial score (nSPS) is 26.2. The van der Waals surface area contributed by atoms with Crippen molar-refractivity contribution in [3.63, 3.8) is 0 Å². The third-order valence-corrected chi connectivity index (χ3v) is 5.81. The van der Waals surface area contributed by atoms with Gasteiger partial charge in [0.1, 0.15) is 0 Å². The van der Waals surface area contributed by atoms with Crippen molar-refractivity contribution >= 4 is 18.2 Å². The minimum absolute atomic E-state index is 0.00848. The first kappa shape index (κ1) is 11.6. The average molecular weight is 224 g/mol. The van der Waals surface area contributed by atoms with Crippen LogP contribution in [0.15, 0.2) is 0 Å². The van der Waals surface area contributed by atoms with Crippen LogP contribution in [0.1, 0.15) is 27.7 Å². The summed E-state index contributed by atoms with van der Waals surface area (Å²) in [6.07, 6.45) is 0. The Bertz CT molecular complexity index is 213. The first-order chi connectivity index (χ1) is 5.83. The predicted octanol–water partition coefficient (Wildman–Crippen LogP) is 3.31. The van der Waals surface area contributed by atoms with Gasteiger partial charge in [-0.1, -0.05) is 27.7 Å². The quantitative estimate of drug-likeness (QED) is 0.674. The molecule has 0 unspecified atom stereocenters. The topological polar surface area (TPSA) is 35.5 Å². The fourth-order valence-corrected chi connectivity index (χ4v) is 4.86. The van der Waals surface area contributed by atoms with Gasteiger partial charge in [-0.15, -0.1) is 0 Å². The van der Waals surface area contributed by atoms with Crippen LogP contribution in [0.3, 0.4) is 0 Å². The van der Waals surface area contributed by atoms with E-state index in [-0.39, 0.29) is 10.7 Å². The van der Waals surface area contributed by atoms with E-state index >= 15 is 0 Å². The zero-order valence-corrected chi connectivity index (χ0v) is 10.3. The highest BCUT2D eigenvalue weighted by Gasteiger charge is 2.37. The van der Waals surface area contributed by atoms with Gasteiger partial charge in [0.25, 0.3) is 0 Å². The van der Waals surface area contributed by atoms with Gasteiger partial charge < -0.3 is 9.05 Å². The van der Waals surface area contributed by atoms with Crippen LogP contribution in [-0.2, 0) is 13.6 Å². The van der Waals surface area contributed by atoms with Gasteiger partial charge in [0.15, 0.2) is 0 Å². The summed E-state index contributed by atoms with van der Waals surface area (Å²) in [7, 11) is 0. The summed E-state index contributed by atoms with van der Waals surface area (Å²) in [5.74, 6) is 0. The highest BCUT2D eigenvalue weighted by atomic mass is 32.7. The minimum atomic E-state index is -2.83. The van der Waals surface area contributed by atoms with Crippen LogP contribution in [0.5, 0.6) is 0 Å². The van der Waals surface area contributed by atoms with E-state index in [9.17, 15) is 4.57 Å². The van der Waals surface area contributed by atoms with Gasteiger partial charge in [-0.2, -0.15) is 0 Å². The minimum Gasteiger partial charge on any atom is -0.300 e. The van der Waals surface area contributed by atoms with Crippen molar-refractivity contribution < 1.29 is 13.6 Å². The molecule has 0 N–H and O–H groups in total. The van der Waals surface area contributed by atoms with Gasteiger partial charge >= 0.3 is 6.80 Å². The van der Waals surface area contributed by atoms with E-state index in [1.165, 1.54) is 11.4 Å². The second kappa shape index (κ2) is 3.93. The maximum atomic E-state index is 11.8. The molecule has 0 aliphatic carbocycles. The van der Waals surface area contributed by atoms with Crippen LogP contribution in [0.25, 0.3) is 0 Å². The number of hydrogen-bond donors (Lipinski definition) is 0. The summed E-state index contributed by atoms with van der Waals surface area (Å²) in [6, 6.07) is 0. The summed E-state index contributed by atoms with van der Waals surface area (Å²) < 4.78 is 22.4. The van der Waals surface area contributed by atoms with Gasteiger partial charge in [-0.25, -0.2) is 4.57 Å². The summed E-state index contributed by atoms with van der Waals surface area (Å²) in [5.41, 5.74) is -0.00848. The van der Waals surface area contributed by atoms with E-state index in [2.05, 4.69) is 0 Å². The summed E-state index contributed by atoms with van der Waals surface area (Å²) in [4.78, 5) is 0. The van der Waals surface area contributed by atoms with E-state index in [1.807, 2.05) is 27.7 Å². The maximum Gasteiger partial charge on any atom is 0.389 e. The molecular weight excluding hydrogens is 207 g/mol. The lowest BCUT2D eigenvalue weighted by Crippen LogP contribution is -2.28. The number of rotatable bonds is 2. The van der Waals surface area contributed by atoms with Gasteiger partial charge in [-0.3, -0.25) is 0 Å². The van der Waals surface area contributed by atoms with E-state index in [0.29, 0.717) is 13.2 Å². The fraction of sp³-hybridized carbons (Fsp3) is 1.00. The van der Waals surface area contributed by atoms with Crippen LogP contribution < -0.4 is 0 Å². The lowest BCUT2D eigenvalue weighted by molar-refractivity contribution is 0.0500. The Kier molecular flexibility index (Phi) is 3.50. The zero-order chi connectivity index (χ0) is 10.1. The predicted molar refractivity (Wildman–Crippen MR) is 56.0 cm³/mol. The Morgan fingerprint density at radius 2 is 1.77 bits per heavy atom. The second-order valence-corrected chi connectivity index (χ2v) is 8.85. The van der Waals surface area contributed by atoms with Crippen molar-refractivity contribution in [1.82, 2.24) is 0 Å². The molecule has 0 amide bonds. The monoisotopic (exact) mass is 224 g/mol. The Balaban J connectivity index is 2.52. The van der Waals surface area contributed by atoms with Crippen molar-refractivity contribution in [1.29, 1.82) is 0 Å². The standard InChI is InChI=1S/C8H17O3PS/c1-7(2)13-12(9)10-5-8(3,4)6-11-12/h7H,5-6H2,1-4H3. The Hall–Kier alpha value is 0.500. The molecule has 78 valence electrons. The zero-order valence-electron chi connectivity index (χ0n) is 8.57. The molecule has 1 aliphatic heterocycles. The van der Waals surface area contributed by atoms with Gasteiger partial charge in [0.05, 0.1) is 13.2 Å². The Morgan fingerprint density at radius 1 is 1.31 bits per heavy atom. The SMILES string of the molecule is CC(C)SP1(=O)OCC(C)(C)CO1. The molecule has 0 bridgehead atoms. The van der Waals surface area contributed by atoms with E-state index in [0.717, 1.165) is 0 Å². The molecule has 0 atom stereocenters. The first-order valence-corrected chi connectivity index (χ1v) is 7.43. The molecule has 13 heavy (non-hydrogen) atoms. The first-order valence-electron chi connectivity index (χ1n) is 4.41. The van der Waals surface area contributed by atoms with Crippen molar-refractivity contribution in [3.05, 3.63) is 0 Å². The molecule has 5 heteroatoms. The van der Waals surface area contributed by atoms with E-state index < -0.39 is 6.80 Å². The van der Waals surface area contributed by atoms with Crippen molar-refractivity contribution in [2.75, 3.05) is 13.2 Å². The van der Waals surface area contributed by atoms with Crippen LogP contribution in [0.2, 0.25) is 0 Å². The highest BCUT2D eigenvalue weighted by Crippen LogP contribution is 2.65. The van der Waals surface area contributed by atoms with Crippen molar-refractivity contribution in [3.8, 4) is 0 Å². The van der Waals surface area contributed by atoms with Gasteiger partial charge in [0.2, 0.25) is 0 Å². The molecule has 1 heterocycles. The lowest BCUT2D eigenvalue weighted by atomic mass is 9.97. The van der Waals surface area contributed by atoms with E-state index in [1.54, 1.807) is 0 Å². The molecule has 1 saturated heterocycles. The lowest BCUT2D eigenvalue weighted by Gasteiger charge is -2.33. The molecule has 0 spiro atoms. The summed E-state index contributed by atoms with van der Waals surface area (Å²) in [6.45, 7) is 6.25. The Labute approximate surface area is 83.8 Å². The van der Waals surface area contributed by atoms with Crippen molar-refractivity contribution in [2.24, 2.45) is 5.41 Å². The van der Waals surface area contributed by atoms with Crippen molar-refractivity contribution in [2.45, 2.75) is 32.9 Å². The molecule has 0 radical (unpaired) electrons. The third kappa shape index (κ3) is 3.62.